The van der Waals surface area contributed by atoms with Crippen LogP contribution in [0.4, 0.5) is 0 Å². The molecule has 2 rings (SSSR count). The fourth-order valence-corrected chi connectivity index (χ4v) is 4.39. The van der Waals surface area contributed by atoms with Crippen LogP contribution in [0.2, 0.25) is 0 Å². The molecule has 2 saturated carbocycles. The molecule has 2 N–H and O–H groups in total. The Labute approximate surface area is 147 Å². The van der Waals surface area contributed by atoms with E-state index in [2.05, 4.69) is 22.5 Å². The smallest absolute Gasteiger partial charge is 0.230 e. The van der Waals surface area contributed by atoms with E-state index in [0.717, 1.165) is 50.0 Å². The topological polar surface area (TPSA) is 56.7 Å². The molecule has 2 atom stereocenters. The fraction of sp³-hybridized carbons (Fsp3) is 0.895. The Bertz CT molecular complexity index is 441. The minimum atomic E-state index is -0.251. The molecule has 2 aliphatic carbocycles. The Hall–Kier alpha value is -1.26. The van der Waals surface area contributed by atoms with Crippen LogP contribution in [0.5, 0.6) is 0 Å². The third-order valence-electron chi connectivity index (χ3n) is 6.06. The quantitative estimate of drug-likeness (QED) is 0.599. The van der Waals surface area contributed by atoms with Crippen molar-refractivity contribution in [2.45, 2.75) is 58.3 Å². The molecule has 138 valence electrons. The van der Waals surface area contributed by atoms with E-state index >= 15 is 0 Å². The van der Waals surface area contributed by atoms with E-state index in [0.29, 0.717) is 6.54 Å². The summed E-state index contributed by atoms with van der Waals surface area (Å²) < 4.78 is 0. The number of hydrogen-bond acceptors (Lipinski definition) is 2. The van der Waals surface area contributed by atoms with E-state index < -0.39 is 0 Å². The van der Waals surface area contributed by atoms with Crippen LogP contribution < -0.4 is 10.6 Å². The molecule has 0 aliphatic heterocycles. The van der Waals surface area contributed by atoms with Gasteiger partial charge >= 0.3 is 0 Å². The fourth-order valence-electron chi connectivity index (χ4n) is 4.39. The number of guanidine groups is 1. The lowest BCUT2D eigenvalue weighted by Gasteiger charge is -2.32. The number of carbonyl (C=O) groups is 1. The maximum Gasteiger partial charge on any atom is 0.230 e. The minimum absolute atomic E-state index is 0.251. The monoisotopic (exact) mass is 336 g/mol. The molecule has 5 heteroatoms. The van der Waals surface area contributed by atoms with Crippen LogP contribution in [0.25, 0.3) is 0 Å². The Kier molecular flexibility index (Phi) is 6.93. The molecule has 0 aromatic heterocycles. The largest absolute Gasteiger partial charge is 0.356 e. The lowest BCUT2D eigenvalue weighted by molar-refractivity contribution is -0.138. The SMILES string of the molecule is CN=C(NCC1CCCCC1C)NCC1(C(=O)N(C)C)CCCC1. The first-order chi connectivity index (χ1) is 11.5. The zero-order valence-corrected chi connectivity index (χ0v) is 16.0. The zero-order chi connectivity index (χ0) is 17.6. The van der Waals surface area contributed by atoms with Crippen LogP contribution in [0.3, 0.4) is 0 Å². The van der Waals surface area contributed by atoms with Gasteiger partial charge in [0.25, 0.3) is 0 Å². The molecule has 0 radical (unpaired) electrons. The molecular formula is C19H36N4O. The van der Waals surface area contributed by atoms with Crippen molar-refractivity contribution in [3.05, 3.63) is 0 Å². The number of nitrogens with zero attached hydrogens (tertiary/aromatic N) is 2. The van der Waals surface area contributed by atoms with Gasteiger partial charge in [-0.15, -0.1) is 0 Å². The average Bonchev–Trinajstić information content (AvgIpc) is 3.05. The first kappa shape index (κ1) is 19.1. The summed E-state index contributed by atoms with van der Waals surface area (Å²) in [5.74, 6) is 2.62. The number of amides is 1. The van der Waals surface area contributed by atoms with Gasteiger partial charge in [0.1, 0.15) is 0 Å². The van der Waals surface area contributed by atoms with Crippen molar-refractivity contribution >= 4 is 11.9 Å². The molecule has 1 amide bonds. The summed E-state index contributed by atoms with van der Waals surface area (Å²) in [5.41, 5.74) is -0.251. The maximum absolute atomic E-state index is 12.6. The van der Waals surface area contributed by atoms with Crippen LogP contribution >= 0.6 is 0 Å². The molecule has 0 bridgehead atoms. The summed E-state index contributed by atoms with van der Waals surface area (Å²) in [5, 5.41) is 6.93. The molecule has 0 spiro atoms. The van der Waals surface area contributed by atoms with E-state index in [1.807, 2.05) is 21.1 Å². The van der Waals surface area contributed by atoms with Crippen molar-refractivity contribution in [1.29, 1.82) is 0 Å². The Balaban J connectivity index is 1.86. The summed E-state index contributed by atoms with van der Waals surface area (Å²) in [6, 6.07) is 0. The van der Waals surface area contributed by atoms with E-state index in [1.54, 1.807) is 4.90 Å². The van der Waals surface area contributed by atoms with Gasteiger partial charge in [0.15, 0.2) is 5.96 Å². The second-order valence-corrected chi connectivity index (χ2v) is 8.02. The molecular weight excluding hydrogens is 300 g/mol. The van der Waals surface area contributed by atoms with Crippen molar-refractivity contribution in [1.82, 2.24) is 15.5 Å². The van der Waals surface area contributed by atoms with Crippen molar-refractivity contribution in [2.24, 2.45) is 22.2 Å². The first-order valence-corrected chi connectivity index (χ1v) is 9.65. The summed E-state index contributed by atoms with van der Waals surface area (Å²) in [6.07, 6.45) is 9.64. The van der Waals surface area contributed by atoms with Crippen molar-refractivity contribution in [2.75, 3.05) is 34.2 Å². The normalized spacial score (nSPS) is 26.9. The Morgan fingerprint density at radius 1 is 1.12 bits per heavy atom. The number of rotatable bonds is 5. The highest BCUT2D eigenvalue weighted by atomic mass is 16.2. The third kappa shape index (κ3) is 4.64. The summed E-state index contributed by atoms with van der Waals surface area (Å²) >= 11 is 0. The van der Waals surface area contributed by atoms with Crippen molar-refractivity contribution < 1.29 is 4.79 Å². The molecule has 0 aromatic carbocycles. The molecule has 5 nitrogen and oxygen atoms in total. The minimum Gasteiger partial charge on any atom is -0.356 e. The highest BCUT2D eigenvalue weighted by Crippen LogP contribution is 2.38. The number of carbonyl (C=O) groups excluding carboxylic acids is 1. The Morgan fingerprint density at radius 2 is 1.79 bits per heavy atom. The molecule has 0 heterocycles. The number of hydrogen-bond donors (Lipinski definition) is 2. The molecule has 0 aromatic rings. The van der Waals surface area contributed by atoms with E-state index in [9.17, 15) is 4.79 Å². The lowest BCUT2D eigenvalue weighted by Crippen LogP contribution is -2.50. The summed E-state index contributed by atoms with van der Waals surface area (Å²) in [7, 11) is 5.54. The molecule has 24 heavy (non-hydrogen) atoms. The highest BCUT2D eigenvalue weighted by Gasteiger charge is 2.42. The standard InChI is InChI=1S/C19H36N4O/c1-15-9-5-6-10-16(15)13-21-18(20-2)22-14-19(11-7-8-12-19)17(24)23(3)4/h15-16H,5-14H2,1-4H3,(H2,20,21,22). The van der Waals surface area contributed by atoms with Crippen molar-refractivity contribution in [3.8, 4) is 0 Å². The van der Waals surface area contributed by atoms with Gasteiger partial charge in [-0.1, -0.05) is 39.0 Å². The van der Waals surface area contributed by atoms with Crippen LogP contribution in [0.1, 0.15) is 58.3 Å². The lowest BCUT2D eigenvalue weighted by atomic mass is 9.80. The summed E-state index contributed by atoms with van der Waals surface area (Å²) in [4.78, 5) is 18.7. The third-order valence-corrected chi connectivity index (χ3v) is 6.06. The van der Waals surface area contributed by atoms with Gasteiger partial charge in [-0.2, -0.15) is 0 Å². The zero-order valence-electron chi connectivity index (χ0n) is 16.0. The first-order valence-electron chi connectivity index (χ1n) is 9.65. The predicted octanol–water partition coefficient (Wildman–Crippen LogP) is 2.63. The average molecular weight is 337 g/mol. The van der Waals surface area contributed by atoms with Crippen LogP contribution in [0.15, 0.2) is 4.99 Å². The van der Waals surface area contributed by atoms with E-state index in [1.165, 1.54) is 25.7 Å². The Morgan fingerprint density at radius 3 is 2.38 bits per heavy atom. The predicted molar refractivity (Wildman–Crippen MR) is 100 cm³/mol. The van der Waals surface area contributed by atoms with Gasteiger partial charge in [-0.25, -0.2) is 0 Å². The van der Waals surface area contributed by atoms with Gasteiger partial charge in [0, 0.05) is 34.2 Å². The van der Waals surface area contributed by atoms with Gasteiger partial charge in [0.2, 0.25) is 5.91 Å². The highest BCUT2D eigenvalue weighted by molar-refractivity contribution is 5.85. The molecule has 2 unspecified atom stereocenters. The van der Waals surface area contributed by atoms with E-state index in [-0.39, 0.29) is 11.3 Å². The van der Waals surface area contributed by atoms with Gasteiger partial charge in [-0.3, -0.25) is 9.79 Å². The van der Waals surface area contributed by atoms with Gasteiger partial charge in [-0.05, 0) is 31.1 Å². The second-order valence-electron chi connectivity index (χ2n) is 8.02. The maximum atomic E-state index is 12.6. The summed E-state index contributed by atoms with van der Waals surface area (Å²) in [6.45, 7) is 4.03. The van der Waals surface area contributed by atoms with Crippen molar-refractivity contribution in [3.63, 3.8) is 0 Å². The molecule has 2 fully saturated rings. The number of aliphatic imine (C=N–C) groups is 1. The van der Waals surface area contributed by atoms with E-state index in [4.69, 9.17) is 0 Å². The number of nitrogens with one attached hydrogen (secondary N) is 2. The van der Waals surface area contributed by atoms with Gasteiger partial charge in [0.05, 0.1) is 5.41 Å². The van der Waals surface area contributed by atoms with Crippen LogP contribution in [0, 0.1) is 17.3 Å². The van der Waals surface area contributed by atoms with Crippen LogP contribution in [-0.4, -0.2) is 51.0 Å². The molecule has 0 saturated heterocycles. The van der Waals surface area contributed by atoms with Crippen LogP contribution in [-0.2, 0) is 4.79 Å². The molecule has 2 aliphatic rings. The second kappa shape index (κ2) is 8.72. The van der Waals surface area contributed by atoms with Gasteiger partial charge < -0.3 is 15.5 Å².